The minimum Gasteiger partial charge on any atom is -0.322 e. The van der Waals surface area contributed by atoms with Gasteiger partial charge in [0.1, 0.15) is 5.82 Å². The molecule has 16 heavy (non-hydrogen) atoms. The van der Waals surface area contributed by atoms with E-state index >= 15 is 0 Å². The van der Waals surface area contributed by atoms with Gasteiger partial charge in [-0.2, -0.15) is 0 Å². The maximum Gasteiger partial charge on any atom is 0.241 e. The van der Waals surface area contributed by atoms with Gasteiger partial charge in [0.15, 0.2) is 0 Å². The van der Waals surface area contributed by atoms with Crippen LogP contribution in [0.25, 0.3) is 0 Å². The molecule has 1 rings (SSSR count). The largest absolute Gasteiger partial charge is 0.322 e. The quantitative estimate of drug-likeness (QED) is 0.765. The lowest BCUT2D eigenvalue weighted by Crippen LogP contribution is -2.35. The molecule has 4 heteroatoms. The summed E-state index contributed by atoms with van der Waals surface area (Å²) >= 11 is 0. The van der Waals surface area contributed by atoms with Crippen LogP contribution in [0.4, 0.5) is 10.1 Å². The molecular formula is C12H15FN2O. The maximum absolute atomic E-state index is 13.4. The molecule has 0 aliphatic heterocycles. The van der Waals surface area contributed by atoms with Crippen molar-refractivity contribution in [3.8, 4) is 0 Å². The first-order chi connectivity index (χ1) is 7.54. The Hall–Kier alpha value is -1.68. The van der Waals surface area contributed by atoms with Gasteiger partial charge in [-0.25, -0.2) is 4.39 Å². The van der Waals surface area contributed by atoms with Crippen LogP contribution in [0.5, 0.6) is 0 Å². The van der Waals surface area contributed by atoms with E-state index in [1.807, 2.05) is 0 Å². The monoisotopic (exact) mass is 222 g/mol. The third-order valence-corrected chi connectivity index (χ3v) is 2.14. The number of nitrogens with two attached hydrogens (primary N) is 1. The summed E-state index contributed by atoms with van der Waals surface area (Å²) in [6.07, 6.45) is 1.91. The van der Waals surface area contributed by atoms with Crippen LogP contribution in [0.3, 0.4) is 0 Å². The Balaban J connectivity index is 2.73. The van der Waals surface area contributed by atoms with Gasteiger partial charge in [0.05, 0.1) is 11.7 Å². The Morgan fingerprint density at radius 1 is 1.69 bits per heavy atom. The molecule has 0 saturated heterocycles. The molecule has 0 spiro atoms. The normalized spacial score (nSPS) is 11.9. The first kappa shape index (κ1) is 12.4. The molecule has 0 saturated carbocycles. The second-order valence-electron chi connectivity index (χ2n) is 3.60. The highest BCUT2D eigenvalue weighted by molar-refractivity contribution is 5.94. The van der Waals surface area contributed by atoms with E-state index in [2.05, 4.69) is 11.9 Å². The summed E-state index contributed by atoms with van der Waals surface area (Å²) in [5.41, 5.74) is 6.50. The minimum atomic E-state index is -0.696. The van der Waals surface area contributed by atoms with E-state index in [0.717, 1.165) is 5.56 Å². The maximum atomic E-state index is 13.4. The first-order valence-corrected chi connectivity index (χ1v) is 4.98. The van der Waals surface area contributed by atoms with Crippen molar-refractivity contribution in [1.82, 2.24) is 0 Å². The lowest BCUT2D eigenvalue weighted by atomic mass is 10.2. The van der Waals surface area contributed by atoms with Crippen molar-refractivity contribution < 1.29 is 9.18 Å². The van der Waals surface area contributed by atoms with Gasteiger partial charge >= 0.3 is 0 Å². The van der Waals surface area contributed by atoms with E-state index < -0.39 is 17.8 Å². The van der Waals surface area contributed by atoms with E-state index in [-0.39, 0.29) is 5.69 Å². The van der Waals surface area contributed by atoms with Gasteiger partial charge in [-0.05, 0) is 31.0 Å². The Morgan fingerprint density at radius 3 is 2.94 bits per heavy atom. The van der Waals surface area contributed by atoms with Crippen molar-refractivity contribution in [3.63, 3.8) is 0 Å². The lowest BCUT2D eigenvalue weighted by Gasteiger charge is -2.11. The van der Waals surface area contributed by atoms with Gasteiger partial charge in [0.25, 0.3) is 0 Å². The third-order valence-electron chi connectivity index (χ3n) is 2.14. The van der Waals surface area contributed by atoms with Gasteiger partial charge < -0.3 is 11.1 Å². The lowest BCUT2D eigenvalue weighted by molar-refractivity contribution is -0.117. The van der Waals surface area contributed by atoms with Gasteiger partial charge in [-0.3, -0.25) is 4.79 Å². The van der Waals surface area contributed by atoms with Crippen LogP contribution in [0.15, 0.2) is 30.9 Å². The Bertz CT molecular complexity index is 404. The molecule has 1 aromatic rings. The number of halogens is 1. The fourth-order valence-electron chi connectivity index (χ4n) is 1.23. The zero-order chi connectivity index (χ0) is 12.1. The average molecular weight is 222 g/mol. The number of aryl methyl sites for hydroxylation is 1. The molecule has 1 unspecified atom stereocenters. The van der Waals surface area contributed by atoms with Crippen molar-refractivity contribution in [2.45, 2.75) is 19.4 Å². The topological polar surface area (TPSA) is 55.1 Å². The Morgan fingerprint density at radius 2 is 2.38 bits per heavy atom. The van der Waals surface area contributed by atoms with Gasteiger partial charge in [0, 0.05) is 0 Å². The number of benzene rings is 1. The molecule has 3 nitrogen and oxygen atoms in total. The van der Waals surface area contributed by atoms with E-state index in [1.54, 1.807) is 19.1 Å². The summed E-state index contributed by atoms with van der Waals surface area (Å²) in [6, 6.07) is 3.90. The van der Waals surface area contributed by atoms with Gasteiger partial charge in [0.2, 0.25) is 5.91 Å². The highest BCUT2D eigenvalue weighted by atomic mass is 19.1. The fraction of sp³-hybridized carbons (Fsp3) is 0.250. The number of hydrogen-bond acceptors (Lipinski definition) is 2. The van der Waals surface area contributed by atoms with Crippen LogP contribution in [-0.2, 0) is 4.79 Å². The summed E-state index contributed by atoms with van der Waals surface area (Å²) in [4.78, 5) is 11.5. The SMILES string of the molecule is C=CCC(N)C(=O)Nc1ccc(C)cc1F. The molecule has 0 heterocycles. The zero-order valence-corrected chi connectivity index (χ0v) is 9.16. The van der Waals surface area contributed by atoms with Crippen LogP contribution in [0.1, 0.15) is 12.0 Å². The number of nitrogens with one attached hydrogen (secondary N) is 1. The predicted molar refractivity (Wildman–Crippen MR) is 62.6 cm³/mol. The Labute approximate surface area is 94.1 Å². The van der Waals surface area contributed by atoms with E-state index in [0.29, 0.717) is 6.42 Å². The molecule has 1 aromatic carbocycles. The van der Waals surface area contributed by atoms with Crippen molar-refractivity contribution in [2.24, 2.45) is 5.73 Å². The Kier molecular flexibility index (Phi) is 4.19. The van der Waals surface area contributed by atoms with Crippen LogP contribution in [0, 0.1) is 12.7 Å². The molecule has 0 radical (unpaired) electrons. The van der Waals surface area contributed by atoms with Crippen LogP contribution < -0.4 is 11.1 Å². The van der Waals surface area contributed by atoms with Crippen molar-refractivity contribution in [2.75, 3.05) is 5.32 Å². The van der Waals surface area contributed by atoms with E-state index in [1.165, 1.54) is 12.1 Å². The number of carbonyl (C=O) groups excluding carboxylic acids is 1. The number of amides is 1. The van der Waals surface area contributed by atoms with Gasteiger partial charge in [-0.1, -0.05) is 12.1 Å². The van der Waals surface area contributed by atoms with Crippen LogP contribution >= 0.6 is 0 Å². The molecular weight excluding hydrogens is 207 g/mol. The van der Waals surface area contributed by atoms with Crippen LogP contribution in [-0.4, -0.2) is 11.9 Å². The summed E-state index contributed by atoms with van der Waals surface area (Å²) in [5.74, 6) is -0.873. The summed E-state index contributed by atoms with van der Waals surface area (Å²) in [6.45, 7) is 5.26. The average Bonchev–Trinajstić information content (AvgIpc) is 2.22. The molecule has 3 N–H and O–H groups in total. The van der Waals surface area contributed by atoms with Crippen molar-refractivity contribution >= 4 is 11.6 Å². The molecule has 86 valence electrons. The molecule has 1 amide bonds. The second-order valence-corrected chi connectivity index (χ2v) is 3.60. The summed E-state index contributed by atoms with van der Waals surface area (Å²) in [5, 5.41) is 2.44. The standard InChI is InChI=1S/C12H15FN2O/c1-3-4-10(14)12(16)15-11-6-5-8(2)7-9(11)13/h3,5-7,10H,1,4,14H2,2H3,(H,15,16). The third kappa shape index (κ3) is 3.17. The first-order valence-electron chi connectivity index (χ1n) is 4.98. The zero-order valence-electron chi connectivity index (χ0n) is 9.16. The highest BCUT2D eigenvalue weighted by Gasteiger charge is 2.13. The van der Waals surface area contributed by atoms with Gasteiger partial charge in [-0.15, -0.1) is 6.58 Å². The summed E-state index contributed by atoms with van der Waals surface area (Å²) < 4.78 is 13.4. The minimum absolute atomic E-state index is 0.148. The molecule has 1 atom stereocenters. The van der Waals surface area contributed by atoms with Crippen LogP contribution in [0.2, 0.25) is 0 Å². The molecule has 0 aliphatic rings. The second kappa shape index (κ2) is 5.42. The highest BCUT2D eigenvalue weighted by Crippen LogP contribution is 2.15. The number of rotatable bonds is 4. The molecule has 0 aliphatic carbocycles. The predicted octanol–water partition coefficient (Wildman–Crippen LogP) is 1.98. The molecule has 0 bridgehead atoms. The summed E-state index contributed by atoms with van der Waals surface area (Å²) in [7, 11) is 0. The number of carbonyl (C=O) groups is 1. The van der Waals surface area contributed by atoms with E-state index in [4.69, 9.17) is 5.73 Å². The smallest absolute Gasteiger partial charge is 0.241 e. The van der Waals surface area contributed by atoms with Crippen molar-refractivity contribution in [1.29, 1.82) is 0 Å². The fourth-order valence-corrected chi connectivity index (χ4v) is 1.23. The molecule has 0 fully saturated rings. The molecule has 0 aromatic heterocycles. The number of hydrogen-bond donors (Lipinski definition) is 2. The van der Waals surface area contributed by atoms with Crippen molar-refractivity contribution in [3.05, 3.63) is 42.2 Å². The number of anilines is 1. The van der Waals surface area contributed by atoms with E-state index in [9.17, 15) is 9.18 Å².